The van der Waals surface area contributed by atoms with Gasteiger partial charge in [-0.25, -0.2) is 0 Å². The summed E-state index contributed by atoms with van der Waals surface area (Å²) in [6.07, 6.45) is 0. The van der Waals surface area contributed by atoms with Gasteiger partial charge in [0.25, 0.3) is 5.91 Å². The van der Waals surface area contributed by atoms with Crippen LogP contribution in [-0.2, 0) is 9.59 Å². The highest BCUT2D eigenvalue weighted by Crippen LogP contribution is 2.27. The third-order valence-corrected chi connectivity index (χ3v) is 6.18. The summed E-state index contributed by atoms with van der Waals surface area (Å²) in [5, 5.41) is 3.35. The Hall–Kier alpha value is -2.97. The van der Waals surface area contributed by atoms with Gasteiger partial charge in [0.05, 0.1) is 22.2 Å². The summed E-state index contributed by atoms with van der Waals surface area (Å²) in [5.74, 6) is -0.716. The van der Waals surface area contributed by atoms with Gasteiger partial charge in [-0.2, -0.15) is 0 Å². The van der Waals surface area contributed by atoms with Gasteiger partial charge in [0.1, 0.15) is 0 Å². The molecule has 1 aliphatic heterocycles. The van der Waals surface area contributed by atoms with Crippen LogP contribution >= 0.6 is 23.2 Å². The standard InChI is InChI=1S/C22H25Cl2N5O3/c1-14(30)28-7-9-29(10-8-28)16-4-6-20(25)17(11-16)22(32)26-13-21(31)27(2)15-3-5-18(23)19(24)12-15/h3-6,11-12H,7-10,13,25H2,1-2H3,(H,26,32). The van der Waals surface area contributed by atoms with E-state index in [-0.39, 0.29) is 18.4 Å². The fraction of sp³-hybridized carbons (Fsp3) is 0.318. The lowest BCUT2D eigenvalue weighted by Crippen LogP contribution is -2.48. The van der Waals surface area contributed by atoms with Gasteiger partial charge in [-0.05, 0) is 36.4 Å². The van der Waals surface area contributed by atoms with Gasteiger partial charge in [-0.15, -0.1) is 0 Å². The molecule has 1 heterocycles. The van der Waals surface area contributed by atoms with Gasteiger partial charge in [0.15, 0.2) is 0 Å². The Morgan fingerprint density at radius 2 is 1.72 bits per heavy atom. The number of benzene rings is 2. The second-order valence-electron chi connectivity index (χ2n) is 7.50. The number of nitrogens with one attached hydrogen (secondary N) is 1. The Morgan fingerprint density at radius 1 is 1.03 bits per heavy atom. The summed E-state index contributed by atoms with van der Waals surface area (Å²) in [6, 6.07) is 10.1. The zero-order chi connectivity index (χ0) is 23.4. The molecule has 0 aromatic heterocycles. The van der Waals surface area contributed by atoms with Crippen LogP contribution in [0.5, 0.6) is 0 Å². The van der Waals surface area contributed by atoms with Gasteiger partial charge in [0, 0.05) is 57.2 Å². The highest BCUT2D eigenvalue weighted by molar-refractivity contribution is 6.42. The predicted octanol–water partition coefficient (Wildman–Crippen LogP) is 2.64. The highest BCUT2D eigenvalue weighted by atomic mass is 35.5. The van der Waals surface area contributed by atoms with Crippen molar-refractivity contribution in [2.24, 2.45) is 0 Å². The minimum Gasteiger partial charge on any atom is -0.398 e. The number of hydrogen-bond acceptors (Lipinski definition) is 5. The van der Waals surface area contributed by atoms with Crippen LogP contribution in [0.15, 0.2) is 36.4 Å². The molecule has 1 fully saturated rings. The fourth-order valence-corrected chi connectivity index (χ4v) is 3.72. The van der Waals surface area contributed by atoms with Crippen molar-refractivity contribution in [3.8, 4) is 0 Å². The monoisotopic (exact) mass is 477 g/mol. The Labute approximate surface area is 196 Å². The van der Waals surface area contributed by atoms with E-state index in [4.69, 9.17) is 28.9 Å². The summed E-state index contributed by atoms with van der Waals surface area (Å²) >= 11 is 11.9. The molecule has 3 amide bonds. The minimum absolute atomic E-state index is 0.0533. The number of halogens is 2. The summed E-state index contributed by atoms with van der Waals surface area (Å²) < 4.78 is 0. The third kappa shape index (κ3) is 5.44. The van der Waals surface area contributed by atoms with Crippen molar-refractivity contribution in [2.75, 3.05) is 55.3 Å². The zero-order valence-corrected chi connectivity index (χ0v) is 19.4. The molecule has 3 N–H and O–H groups in total. The third-order valence-electron chi connectivity index (χ3n) is 5.44. The number of nitrogen functional groups attached to an aromatic ring is 1. The molecule has 1 saturated heterocycles. The Kier molecular flexibility index (Phi) is 7.48. The summed E-state index contributed by atoms with van der Waals surface area (Å²) in [6.45, 7) is 3.92. The maximum atomic E-state index is 12.7. The van der Waals surface area contributed by atoms with Crippen molar-refractivity contribution in [2.45, 2.75) is 6.92 Å². The zero-order valence-electron chi connectivity index (χ0n) is 17.9. The first-order chi connectivity index (χ1) is 15.2. The smallest absolute Gasteiger partial charge is 0.253 e. The maximum Gasteiger partial charge on any atom is 0.253 e. The number of nitrogens with zero attached hydrogens (tertiary/aromatic N) is 3. The number of hydrogen-bond donors (Lipinski definition) is 2. The van der Waals surface area contributed by atoms with Crippen molar-refractivity contribution in [3.63, 3.8) is 0 Å². The predicted molar refractivity (Wildman–Crippen MR) is 128 cm³/mol. The molecule has 3 rings (SSSR count). The van der Waals surface area contributed by atoms with Gasteiger partial charge in [-0.3, -0.25) is 14.4 Å². The Balaban J connectivity index is 1.63. The number of carbonyl (C=O) groups excluding carboxylic acids is 3. The molecule has 0 unspecified atom stereocenters. The van der Waals surface area contributed by atoms with E-state index in [1.807, 2.05) is 6.07 Å². The van der Waals surface area contributed by atoms with E-state index >= 15 is 0 Å². The molecule has 0 bridgehead atoms. The quantitative estimate of drug-likeness (QED) is 0.644. The molecule has 1 aliphatic rings. The minimum atomic E-state index is -0.442. The molecule has 0 radical (unpaired) electrons. The molecule has 32 heavy (non-hydrogen) atoms. The first-order valence-corrected chi connectivity index (χ1v) is 10.8. The average molecular weight is 478 g/mol. The molecular weight excluding hydrogens is 453 g/mol. The van der Waals surface area contributed by atoms with Crippen LogP contribution in [0.4, 0.5) is 17.1 Å². The highest BCUT2D eigenvalue weighted by Gasteiger charge is 2.21. The molecule has 170 valence electrons. The molecule has 2 aromatic rings. The lowest BCUT2D eigenvalue weighted by atomic mass is 10.1. The molecule has 0 aliphatic carbocycles. The van der Waals surface area contributed by atoms with Crippen LogP contribution in [0.25, 0.3) is 0 Å². The van der Waals surface area contributed by atoms with Gasteiger partial charge >= 0.3 is 0 Å². The average Bonchev–Trinajstić information content (AvgIpc) is 2.79. The number of carbonyl (C=O) groups is 3. The lowest BCUT2D eigenvalue weighted by Gasteiger charge is -2.35. The topological polar surface area (TPSA) is 99.0 Å². The van der Waals surface area contributed by atoms with E-state index in [0.717, 1.165) is 5.69 Å². The number of amides is 3. The summed E-state index contributed by atoms with van der Waals surface area (Å²) in [7, 11) is 1.59. The Morgan fingerprint density at radius 3 is 2.34 bits per heavy atom. The van der Waals surface area contributed by atoms with Crippen molar-refractivity contribution in [3.05, 3.63) is 52.0 Å². The van der Waals surface area contributed by atoms with Crippen LogP contribution in [0.2, 0.25) is 10.0 Å². The number of anilines is 3. The summed E-state index contributed by atoms with van der Waals surface area (Å²) in [5.41, 5.74) is 8.03. The van der Waals surface area contributed by atoms with Crippen molar-refractivity contribution < 1.29 is 14.4 Å². The first-order valence-electron chi connectivity index (χ1n) is 10.1. The van der Waals surface area contributed by atoms with Gasteiger partial charge in [-0.1, -0.05) is 23.2 Å². The van der Waals surface area contributed by atoms with Crippen LogP contribution in [0.3, 0.4) is 0 Å². The van der Waals surface area contributed by atoms with Crippen LogP contribution < -0.4 is 20.9 Å². The molecular formula is C22H25Cl2N5O3. The van der Waals surface area contributed by atoms with E-state index in [9.17, 15) is 14.4 Å². The van der Waals surface area contributed by atoms with Crippen LogP contribution in [-0.4, -0.2) is 62.4 Å². The van der Waals surface area contributed by atoms with Crippen molar-refractivity contribution in [1.82, 2.24) is 10.2 Å². The maximum absolute atomic E-state index is 12.7. The molecule has 0 saturated carbocycles. The van der Waals surface area contributed by atoms with Crippen molar-refractivity contribution in [1.29, 1.82) is 0 Å². The molecule has 0 spiro atoms. The SMILES string of the molecule is CC(=O)N1CCN(c2ccc(N)c(C(=O)NCC(=O)N(C)c3ccc(Cl)c(Cl)c3)c2)CC1. The number of likely N-dealkylation sites (N-methyl/N-ethyl adjacent to an activating group) is 1. The first kappa shape index (κ1) is 23.7. The van der Waals surface area contributed by atoms with Gasteiger partial charge < -0.3 is 25.8 Å². The van der Waals surface area contributed by atoms with E-state index < -0.39 is 5.91 Å². The van der Waals surface area contributed by atoms with Crippen LogP contribution in [0, 0.1) is 0 Å². The summed E-state index contributed by atoms with van der Waals surface area (Å²) in [4.78, 5) is 42.0. The second-order valence-corrected chi connectivity index (χ2v) is 8.31. The van der Waals surface area contributed by atoms with Gasteiger partial charge in [0.2, 0.25) is 11.8 Å². The number of nitrogens with two attached hydrogens (primary N) is 1. The van der Waals surface area contributed by atoms with E-state index in [1.54, 1.807) is 49.2 Å². The van der Waals surface area contributed by atoms with Crippen molar-refractivity contribution >= 4 is 58.0 Å². The molecule has 2 aromatic carbocycles. The normalized spacial score (nSPS) is 13.6. The van der Waals surface area contributed by atoms with Crippen LogP contribution in [0.1, 0.15) is 17.3 Å². The Bertz CT molecular complexity index is 1040. The van der Waals surface area contributed by atoms with E-state index in [1.165, 1.54) is 4.90 Å². The number of rotatable bonds is 5. The number of piperazine rings is 1. The molecule has 0 atom stereocenters. The van der Waals surface area contributed by atoms with E-state index in [2.05, 4.69) is 10.2 Å². The molecule has 10 heteroatoms. The lowest BCUT2D eigenvalue weighted by molar-refractivity contribution is -0.129. The van der Waals surface area contributed by atoms with E-state index in [0.29, 0.717) is 53.2 Å². The fourth-order valence-electron chi connectivity index (χ4n) is 3.42. The molecule has 8 nitrogen and oxygen atoms in total. The second kappa shape index (κ2) is 10.1. The largest absolute Gasteiger partial charge is 0.398 e.